The Bertz CT molecular complexity index is 578. The van der Waals surface area contributed by atoms with Crippen molar-refractivity contribution in [3.63, 3.8) is 0 Å². The highest BCUT2D eigenvalue weighted by atomic mass is 16.5. The van der Waals surface area contributed by atoms with Gasteiger partial charge in [-0.2, -0.15) is 0 Å². The first kappa shape index (κ1) is 12.0. The fraction of sp³-hybridized carbons (Fsp3) is 0.333. The van der Waals surface area contributed by atoms with E-state index in [0.717, 1.165) is 12.8 Å². The van der Waals surface area contributed by atoms with Crippen LogP contribution in [0.3, 0.4) is 0 Å². The second kappa shape index (κ2) is 4.88. The van der Waals surface area contributed by atoms with Crippen LogP contribution < -0.4 is 4.74 Å². The summed E-state index contributed by atoms with van der Waals surface area (Å²) in [6.45, 7) is 2.11. The molecule has 0 spiro atoms. The first-order valence-electron chi connectivity index (χ1n) is 6.57. The van der Waals surface area contributed by atoms with E-state index in [0.29, 0.717) is 5.88 Å². The van der Waals surface area contributed by atoms with Crippen molar-refractivity contribution in [1.82, 2.24) is 9.97 Å². The van der Waals surface area contributed by atoms with Crippen LogP contribution in [0.15, 0.2) is 36.8 Å². The zero-order chi connectivity index (χ0) is 13.2. The number of imidazole rings is 1. The first-order valence-corrected chi connectivity index (χ1v) is 6.57. The van der Waals surface area contributed by atoms with Gasteiger partial charge >= 0.3 is 5.97 Å². The van der Waals surface area contributed by atoms with Crippen LogP contribution in [0.2, 0.25) is 0 Å². The van der Waals surface area contributed by atoms with Gasteiger partial charge in [-0.05, 0) is 29.9 Å². The number of carbonyl (C=O) groups is 1. The monoisotopic (exact) mass is 256 g/mol. The van der Waals surface area contributed by atoms with Gasteiger partial charge in [-0.15, -0.1) is 0 Å². The number of ether oxygens (including phenoxy) is 1. The summed E-state index contributed by atoms with van der Waals surface area (Å²) in [5, 5.41) is 0. The Labute approximate surface area is 111 Å². The minimum atomic E-state index is -0.174. The molecule has 0 saturated carbocycles. The van der Waals surface area contributed by atoms with Crippen molar-refractivity contribution in [1.29, 1.82) is 0 Å². The molecule has 4 heteroatoms. The van der Waals surface area contributed by atoms with E-state index < -0.39 is 0 Å². The van der Waals surface area contributed by atoms with Gasteiger partial charge in [0.05, 0.1) is 18.4 Å². The molecule has 4 nitrogen and oxygen atoms in total. The molecule has 0 saturated heterocycles. The largest absolute Gasteiger partial charge is 0.408 e. The third-order valence-corrected chi connectivity index (χ3v) is 3.81. The van der Waals surface area contributed by atoms with Crippen molar-refractivity contribution < 1.29 is 9.53 Å². The molecule has 2 aromatic rings. The molecule has 0 radical (unpaired) electrons. The number of hydrogen-bond donors (Lipinski definition) is 1. The molecule has 1 aromatic carbocycles. The van der Waals surface area contributed by atoms with Crippen LogP contribution >= 0.6 is 0 Å². The number of esters is 1. The Morgan fingerprint density at radius 2 is 2.32 bits per heavy atom. The Balaban J connectivity index is 1.81. The van der Waals surface area contributed by atoms with E-state index in [-0.39, 0.29) is 17.8 Å². The molecule has 1 N–H and O–H groups in total. The lowest BCUT2D eigenvalue weighted by atomic mass is 9.90. The summed E-state index contributed by atoms with van der Waals surface area (Å²) in [4.78, 5) is 18.9. The second-order valence-corrected chi connectivity index (χ2v) is 4.86. The molecule has 98 valence electrons. The maximum absolute atomic E-state index is 12.3. The molecule has 1 heterocycles. The molecule has 1 aromatic heterocycles. The molecule has 2 unspecified atom stereocenters. The second-order valence-electron chi connectivity index (χ2n) is 4.86. The average Bonchev–Trinajstić information content (AvgIpc) is 3.04. The molecule has 0 bridgehead atoms. The Morgan fingerprint density at radius 3 is 3.05 bits per heavy atom. The topological polar surface area (TPSA) is 55.0 Å². The van der Waals surface area contributed by atoms with Crippen LogP contribution in [0.4, 0.5) is 0 Å². The van der Waals surface area contributed by atoms with E-state index in [9.17, 15) is 4.79 Å². The number of benzene rings is 1. The number of aromatic nitrogens is 2. The SMILES string of the molecule is CCC1c2ccccc2CC1C(=O)Oc1cnc[nH]1. The summed E-state index contributed by atoms with van der Waals surface area (Å²) in [7, 11) is 0. The number of rotatable bonds is 3. The van der Waals surface area contributed by atoms with Crippen molar-refractivity contribution in [2.75, 3.05) is 0 Å². The quantitative estimate of drug-likeness (QED) is 0.859. The lowest BCUT2D eigenvalue weighted by molar-refractivity contribution is -0.139. The molecule has 2 atom stereocenters. The predicted molar refractivity (Wildman–Crippen MR) is 70.9 cm³/mol. The summed E-state index contributed by atoms with van der Waals surface area (Å²) >= 11 is 0. The molecule has 19 heavy (non-hydrogen) atoms. The molecule has 3 rings (SSSR count). The lowest BCUT2D eigenvalue weighted by Gasteiger charge is -2.16. The van der Waals surface area contributed by atoms with Crippen molar-refractivity contribution >= 4 is 5.97 Å². The molecule has 1 aliphatic carbocycles. The van der Waals surface area contributed by atoms with Gasteiger partial charge in [-0.3, -0.25) is 4.79 Å². The average molecular weight is 256 g/mol. The number of carbonyl (C=O) groups excluding carboxylic acids is 1. The van der Waals surface area contributed by atoms with Crippen LogP contribution in [0.5, 0.6) is 5.88 Å². The minimum absolute atomic E-state index is 0.0919. The first-order chi connectivity index (χ1) is 9.29. The van der Waals surface area contributed by atoms with Crippen molar-refractivity contribution in [3.05, 3.63) is 47.9 Å². The normalized spacial score (nSPS) is 21.1. The summed E-state index contributed by atoms with van der Waals surface area (Å²) in [5.74, 6) is 0.403. The van der Waals surface area contributed by atoms with Gasteiger partial charge in [0.25, 0.3) is 0 Å². The fourth-order valence-corrected chi connectivity index (χ4v) is 2.91. The minimum Gasteiger partial charge on any atom is -0.408 e. The number of hydrogen-bond acceptors (Lipinski definition) is 3. The fourth-order valence-electron chi connectivity index (χ4n) is 2.91. The van der Waals surface area contributed by atoms with Crippen LogP contribution in [0.25, 0.3) is 0 Å². The van der Waals surface area contributed by atoms with E-state index >= 15 is 0 Å². The van der Waals surface area contributed by atoms with Gasteiger partial charge in [0.15, 0.2) is 0 Å². The molecule has 0 amide bonds. The van der Waals surface area contributed by atoms with E-state index in [1.165, 1.54) is 23.7 Å². The number of aromatic amines is 1. The van der Waals surface area contributed by atoms with Crippen molar-refractivity contribution in [2.45, 2.75) is 25.7 Å². The van der Waals surface area contributed by atoms with Gasteiger partial charge in [-0.1, -0.05) is 31.2 Å². The van der Waals surface area contributed by atoms with Gasteiger partial charge in [0.2, 0.25) is 5.88 Å². The summed E-state index contributed by atoms with van der Waals surface area (Å²) in [6, 6.07) is 8.27. The molecule has 0 aliphatic heterocycles. The highest BCUT2D eigenvalue weighted by Gasteiger charge is 2.37. The lowest BCUT2D eigenvalue weighted by Crippen LogP contribution is -2.24. The smallest absolute Gasteiger partial charge is 0.316 e. The number of nitrogens with one attached hydrogen (secondary N) is 1. The van der Waals surface area contributed by atoms with Crippen molar-refractivity contribution in [3.8, 4) is 5.88 Å². The number of H-pyrrole nitrogens is 1. The van der Waals surface area contributed by atoms with Gasteiger partial charge < -0.3 is 9.72 Å². The third-order valence-electron chi connectivity index (χ3n) is 3.81. The standard InChI is InChI=1S/C15H16N2O2/c1-2-11-12-6-4-3-5-10(12)7-13(11)15(18)19-14-8-16-9-17-14/h3-6,8-9,11,13H,2,7H2,1H3,(H,16,17). The van der Waals surface area contributed by atoms with Gasteiger partial charge in [0.1, 0.15) is 0 Å². The van der Waals surface area contributed by atoms with Crippen molar-refractivity contribution in [2.24, 2.45) is 5.92 Å². The van der Waals surface area contributed by atoms with E-state index in [4.69, 9.17) is 4.74 Å². The predicted octanol–water partition coefficient (Wildman–Crippen LogP) is 2.68. The summed E-state index contributed by atoms with van der Waals surface area (Å²) in [6.07, 6.45) is 4.73. The van der Waals surface area contributed by atoms with E-state index in [1.807, 2.05) is 12.1 Å². The van der Waals surface area contributed by atoms with Crippen LogP contribution in [-0.2, 0) is 11.2 Å². The highest BCUT2D eigenvalue weighted by molar-refractivity contribution is 5.77. The van der Waals surface area contributed by atoms with E-state index in [1.54, 1.807) is 0 Å². The number of nitrogens with zero attached hydrogens (tertiary/aromatic N) is 1. The Morgan fingerprint density at radius 1 is 1.47 bits per heavy atom. The van der Waals surface area contributed by atoms with Crippen LogP contribution in [0.1, 0.15) is 30.4 Å². The zero-order valence-corrected chi connectivity index (χ0v) is 10.8. The summed E-state index contributed by atoms with van der Waals surface area (Å²) < 4.78 is 5.34. The zero-order valence-electron chi connectivity index (χ0n) is 10.8. The maximum atomic E-state index is 12.3. The number of fused-ring (bicyclic) bond motifs is 1. The van der Waals surface area contributed by atoms with Crippen LogP contribution in [-0.4, -0.2) is 15.9 Å². The molecule has 0 fully saturated rings. The van der Waals surface area contributed by atoms with Crippen LogP contribution in [0, 0.1) is 5.92 Å². The summed E-state index contributed by atoms with van der Waals surface area (Å²) in [5.41, 5.74) is 2.55. The molecular formula is C15H16N2O2. The Hall–Kier alpha value is -2.10. The molecular weight excluding hydrogens is 240 g/mol. The highest BCUT2D eigenvalue weighted by Crippen LogP contribution is 2.40. The van der Waals surface area contributed by atoms with Gasteiger partial charge in [0, 0.05) is 0 Å². The van der Waals surface area contributed by atoms with E-state index in [2.05, 4.69) is 29.0 Å². The van der Waals surface area contributed by atoms with Gasteiger partial charge in [-0.25, -0.2) is 4.98 Å². The Kier molecular flexibility index (Phi) is 3.07. The maximum Gasteiger partial charge on any atom is 0.316 e. The molecule has 1 aliphatic rings. The third kappa shape index (κ3) is 2.14.